The van der Waals surface area contributed by atoms with Crippen molar-refractivity contribution in [1.29, 1.82) is 0 Å². The zero-order chi connectivity index (χ0) is 16.9. The third kappa shape index (κ3) is 3.59. The first-order valence-corrected chi connectivity index (χ1v) is 9.56. The standard InChI is InChI=1S/C17H15N5OS2/c1-3-12(9-18-4-1)23-7-2-5-19-15-14-13(16-20-6-8-24-16)10-25-17(14)22-11-21-15/h1,3-4,6,8-11H,2,5,7H2,(H,19,21,22). The second-order valence-corrected chi connectivity index (χ2v) is 6.96. The molecule has 0 aliphatic carbocycles. The van der Waals surface area contributed by atoms with Gasteiger partial charge in [0.05, 0.1) is 18.2 Å². The summed E-state index contributed by atoms with van der Waals surface area (Å²) in [6, 6.07) is 3.77. The molecule has 126 valence electrons. The van der Waals surface area contributed by atoms with Gasteiger partial charge in [-0.1, -0.05) is 0 Å². The Morgan fingerprint density at radius 3 is 2.96 bits per heavy atom. The van der Waals surface area contributed by atoms with E-state index in [1.54, 1.807) is 41.4 Å². The number of nitrogens with one attached hydrogen (secondary N) is 1. The maximum Gasteiger partial charge on any atom is 0.138 e. The Balaban J connectivity index is 1.42. The minimum absolute atomic E-state index is 0.621. The van der Waals surface area contributed by atoms with Crippen LogP contribution >= 0.6 is 22.7 Å². The van der Waals surface area contributed by atoms with Crippen LogP contribution in [-0.2, 0) is 0 Å². The summed E-state index contributed by atoms with van der Waals surface area (Å²) < 4.78 is 5.66. The SMILES string of the molecule is c1cncc(OCCCNc2ncnc3scc(-c4nccs4)c23)c1. The van der Waals surface area contributed by atoms with E-state index in [1.165, 1.54) is 0 Å². The number of nitrogens with zero attached hydrogens (tertiary/aromatic N) is 4. The van der Waals surface area contributed by atoms with Crippen molar-refractivity contribution in [2.45, 2.75) is 6.42 Å². The number of rotatable bonds is 7. The number of thiophene rings is 1. The maximum absolute atomic E-state index is 5.66. The number of hydrogen-bond donors (Lipinski definition) is 1. The molecule has 0 saturated heterocycles. The van der Waals surface area contributed by atoms with Crippen molar-refractivity contribution in [3.63, 3.8) is 0 Å². The second-order valence-electron chi connectivity index (χ2n) is 5.21. The molecule has 4 aromatic rings. The van der Waals surface area contributed by atoms with E-state index in [1.807, 2.05) is 23.7 Å². The summed E-state index contributed by atoms with van der Waals surface area (Å²) in [5.41, 5.74) is 1.09. The van der Waals surface area contributed by atoms with Gasteiger partial charge in [0, 0.05) is 35.3 Å². The highest BCUT2D eigenvalue weighted by Gasteiger charge is 2.14. The minimum Gasteiger partial charge on any atom is -0.492 e. The quantitative estimate of drug-likeness (QED) is 0.495. The topological polar surface area (TPSA) is 72.8 Å². The lowest BCUT2D eigenvalue weighted by Crippen LogP contribution is -2.08. The molecular weight excluding hydrogens is 354 g/mol. The Labute approximate surface area is 152 Å². The number of fused-ring (bicyclic) bond motifs is 1. The molecule has 0 atom stereocenters. The summed E-state index contributed by atoms with van der Waals surface area (Å²) in [4.78, 5) is 18.2. The number of hydrogen-bond acceptors (Lipinski definition) is 8. The third-order valence-corrected chi connectivity index (χ3v) is 5.24. The Morgan fingerprint density at radius 1 is 1.12 bits per heavy atom. The van der Waals surface area contributed by atoms with E-state index in [0.29, 0.717) is 6.61 Å². The molecule has 0 unspecified atom stereocenters. The predicted octanol–water partition coefficient (Wildman–Crippen LogP) is 4.09. The molecule has 25 heavy (non-hydrogen) atoms. The Kier molecular flexibility index (Phi) is 4.80. The van der Waals surface area contributed by atoms with E-state index >= 15 is 0 Å². The van der Waals surface area contributed by atoms with E-state index < -0.39 is 0 Å². The van der Waals surface area contributed by atoms with Crippen molar-refractivity contribution in [3.8, 4) is 16.3 Å². The first kappa shape index (κ1) is 15.9. The van der Waals surface area contributed by atoms with Gasteiger partial charge in [-0.05, 0) is 18.6 Å². The van der Waals surface area contributed by atoms with Gasteiger partial charge in [-0.25, -0.2) is 15.0 Å². The lowest BCUT2D eigenvalue weighted by Gasteiger charge is -2.08. The van der Waals surface area contributed by atoms with E-state index in [-0.39, 0.29) is 0 Å². The lowest BCUT2D eigenvalue weighted by atomic mass is 10.2. The second kappa shape index (κ2) is 7.54. The largest absolute Gasteiger partial charge is 0.492 e. The van der Waals surface area contributed by atoms with Gasteiger partial charge in [-0.15, -0.1) is 22.7 Å². The number of anilines is 1. The molecule has 0 spiro atoms. The van der Waals surface area contributed by atoms with Crippen LogP contribution in [0.2, 0.25) is 0 Å². The van der Waals surface area contributed by atoms with E-state index in [2.05, 4.69) is 30.6 Å². The fourth-order valence-electron chi connectivity index (χ4n) is 2.42. The Hall–Kier alpha value is -2.58. The van der Waals surface area contributed by atoms with Crippen LogP contribution in [0.3, 0.4) is 0 Å². The number of pyridine rings is 1. The van der Waals surface area contributed by atoms with Crippen molar-refractivity contribution in [3.05, 3.63) is 47.8 Å². The summed E-state index contributed by atoms with van der Waals surface area (Å²) in [5, 5.41) is 9.50. The maximum atomic E-state index is 5.66. The average molecular weight is 369 g/mol. The third-order valence-electron chi connectivity index (χ3n) is 3.55. The molecule has 0 aromatic carbocycles. The molecule has 4 heterocycles. The highest BCUT2D eigenvalue weighted by Crippen LogP contribution is 2.37. The molecule has 0 aliphatic heterocycles. The van der Waals surface area contributed by atoms with Crippen LogP contribution in [0.25, 0.3) is 20.8 Å². The monoisotopic (exact) mass is 369 g/mol. The van der Waals surface area contributed by atoms with Crippen LogP contribution in [0.5, 0.6) is 5.75 Å². The fourth-order valence-corrected chi connectivity index (χ4v) is 4.05. The summed E-state index contributed by atoms with van der Waals surface area (Å²) in [6.07, 6.45) is 7.72. The fraction of sp³-hybridized carbons (Fsp3) is 0.176. The molecule has 0 fully saturated rings. The van der Waals surface area contributed by atoms with Crippen molar-refractivity contribution >= 4 is 38.7 Å². The van der Waals surface area contributed by atoms with Crippen molar-refractivity contribution in [1.82, 2.24) is 19.9 Å². The molecule has 0 saturated carbocycles. The summed E-state index contributed by atoms with van der Waals surface area (Å²) in [5.74, 6) is 1.63. The van der Waals surface area contributed by atoms with Crippen LogP contribution < -0.4 is 10.1 Å². The van der Waals surface area contributed by atoms with Gasteiger partial charge < -0.3 is 10.1 Å². The first-order valence-electron chi connectivity index (χ1n) is 7.80. The van der Waals surface area contributed by atoms with Gasteiger partial charge in [-0.3, -0.25) is 4.98 Å². The van der Waals surface area contributed by atoms with Gasteiger partial charge in [0.2, 0.25) is 0 Å². The van der Waals surface area contributed by atoms with Crippen LogP contribution in [0.4, 0.5) is 5.82 Å². The van der Waals surface area contributed by atoms with Gasteiger partial charge in [0.15, 0.2) is 0 Å². The first-order chi connectivity index (χ1) is 12.4. The normalized spacial score (nSPS) is 10.9. The molecule has 1 N–H and O–H groups in total. The van der Waals surface area contributed by atoms with E-state index in [0.717, 1.165) is 45.3 Å². The van der Waals surface area contributed by atoms with Crippen LogP contribution in [0, 0.1) is 0 Å². The van der Waals surface area contributed by atoms with Gasteiger partial charge in [0.1, 0.15) is 27.7 Å². The Bertz CT molecular complexity index is 940. The number of thiazole rings is 1. The zero-order valence-electron chi connectivity index (χ0n) is 13.3. The van der Waals surface area contributed by atoms with Crippen LogP contribution in [0.15, 0.2) is 47.8 Å². The summed E-state index contributed by atoms with van der Waals surface area (Å²) in [6.45, 7) is 1.38. The summed E-state index contributed by atoms with van der Waals surface area (Å²) in [7, 11) is 0. The molecule has 4 aromatic heterocycles. The van der Waals surface area contributed by atoms with Gasteiger partial charge in [-0.2, -0.15) is 0 Å². The average Bonchev–Trinajstić information content (AvgIpc) is 3.32. The Morgan fingerprint density at radius 2 is 2.12 bits per heavy atom. The molecule has 0 aliphatic rings. The lowest BCUT2D eigenvalue weighted by molar-refractivity contribution is 0.314. The van der Waals surface area contributed by atoms with Crippen molar-refractivity contribution in [2.24, 2.45) is 0 Å². The molecular formula is C17H15N5OS2. The number of aromatic nitrogens is 4. The van der Waals surface area contributed by atoms with E-state index in [9.17, 15) is 0 Å². The molecule has 8 heteroatoms. The van der Waals surface area contributed by atoms with Crippen LogP contribution in [-0.4, -0.2) is 33.1 Å². The highest BCUT2D eigenvalue weighted by molar-refractivity contribution is 7.18. The zero-order valence-corrected chi connectivity index (χ0v) is 14.9. The van der Waals surface area contributed by atoms with Gasteiger partial charge in [0.25, 0.3) is 0 Å². The van der Waals surface area contributed by atoms with Crippen LogP contribution in [0.1, 0.15) is 6.42 Å². The van der Waals surface area contributed by atoms with Gasteiger partial charge >= 0.3 is 0 Å². The highest BCUT2D eigenvalue weighted by atomic mass is 32.1. The van der Waals surface area contributed by atoms with E-state index in [4.69, 9.17) is 4.74 Å². The molecule has 0 bridgehead atoms. The molecule has 0 radical (unpaired) electrons. The smallest absolute Gasteiger partial charge is 0.138 e. The van der Waals surface area contributed by atoms with Crippen molar-refractivity contribution in [2.75, 3.05) is 18.5 Å². The molecule has 4 rings (SSSR count). The minimum atomic E-state index is 0.621. The predicted molar refractivity (Wildman–Crippen MR) is 101 cm³/mol. The molecule has 0 amide bonds. The summed E-state index contributed by atoms with van der Waals surface area (Å²) >= 11 is 3.23. The molecule has 6 nitrogen and oxygen atoms in total. The van der Waals surface area contributed by atoms with Crippen molar-refractivity contribution < 1.29 is 4.74 Å². The number of ether oxygens (including phenoxy) is 1.